The predicted molar refractivity (Wildman–Crippen MR) is 115 cm³/mol. The summed E-state index contributed by atoms with van der Waals surface area (Å²) in [4.78, 5) is 13.0. The van der Waals surface area contributed by atoms with Gasteiger partial charge in [-0.05, 0) is 55.0 Å². The van der Waals surface area contributed by atoms with Gasteiger partial charge in [0.1, 0.15) is 5.75 Å². The molecule has 152 valence electrons. The number of carbonyl (C=O) groups excluding carboxylic acids is 1. The van der Waals surface area contributed by atoms with Gasteiger partial charge in [0, 0.05) is 23.4 Å². The lowest BCUT2D eigenvalue weighted by Gasteiger charge is -2.16. The first-order chi connectivity index (χ1) is 13.5. The van der Waals surface area contributed by atoms with Gasteiger partial charge in [0.25, 0.3) is 5.91 Å². The zero-order valence-corrected chi connectivity index (χ0v) is 17.8. The minimum atomic E-state index is -0.108. The Balaban J connectivity index is 2.25. The number of rotatable bonds is 10. The molecular formula is C24H33NO3. The summed E-state index contributed by atoms with van der Waals surface area (Å²) >= 11 is 0. The van der Waals surface area contributed by atoms with E-state index in [9.17, 15) is 4.79 Å². The van der Waals surface area contributed by atoms with E-state index in [1.54, 1.807) is 0 Å². The van der Waals surface area contributed by atoms with Crippen molar-refractivity contribution in [1.82, 2.24) is 0 Å². The molecule has 0 aliphatic carbocycles. The number of hydrogen-bond donors (Lipinski definition) is 1. The topological polar surface area (TPSA) is 47.6 Å². The van der Waals surface area contributed by atoms with E-state index in [0.717, 1.165) is 41.0 Å². The largest absolute Gasteiger partial charge is 0.494 e. The summed E-state index contributed by atoms with van der Waals surface area (Å²) in [7, 11) is 0. The van der Waals surface area contributed by atoms with Crippen molar-refractivity contribution in [1.29, 1.82) is 0 Å². The van der Waals surface area contributed by atoms with Crippen molar-refractivity contribution >= 4 is 11.6 Å². The number of para-hydroxylation sites is 1. The number of carbonyl (C=O) groups is 1. The van der Waals surface area contributed by atoms with E-state index >= 15 is 0 Å². The highest BCUT2D eigenvalue weighted by molar-refractivity contribution is 6.05. The summed E-state index contributed by atoms with van der Waals surface area (Å²) in [6.45, 7) is 12.1. The molecule has 4 heteroatoms. The molecule has 0 heterocycles. The van der Waals surface area contributed by atoms with E-state index in [4.69, 9.17) is 9.47 Å². The van der Waals surface area contributed by atoms with Gasteiger partial charge in [-0.3, -0.25) is 4.79 Å². The SMILES string of the molecule is CCOc1ccc(C(=O)Nc2c(CC)cccc2CC)cc1COCC(C)C. The van der Waals surface area contributed by atoms with Crippen molar-refractivity contribution in [2.75, 3.05) is 18.5 Å². The molecule has 0 saturated carbocycles. The molecule has 4 nitrogen and oxygen atoms in total. The molecule has 0 saturated heterocycles. The first-order valence-electron chi connectivity index (χ1n) is 10.3. The van der Waals surface area contributed by atoms with Gasteiger partial charge < -0.3 is 14.8 Å². The third-order valence-electron chi connectivity index (χ3n) is 4.57. The van der Waals surface area contributed by atoms with E-state index in [0.29, 0.717) is 31.3 Å². The number of anilines is 1. The number of hydrogen-bond acceptors (Lipinski definition) is 3. The summed E-state index contributed by atoms with van der Waals surface area (Å²) in [5, 5.41) is 3.13. The van der Waals surface area contributed by atoms with Gasteiger partial charge >= 0.3 is 0 Å². The molecule has 2 rings (SSSR count). The molecule has 0 fully saturated rings. The van der Waals surface area contributed by atoms with Crippen molar-refractivity contribution in [3.8, 4) is 5.75 Å². The summed E-state index contributed by atoms with van der Waals surface area (Å²) in [5.41, 5.74) is 4.75. The number of benzene rings is 2. The quantitative estimate of drug-likeness (QED) is 0.578. The average molecular weight is 384 g/mol. The van der Waals surface area contributed by atoms with Gasteiger partial charge in [0.15, 0.2) is 0 Å². The van der Waals surface area contributed by atoms with Crippen LogP contribution in [-0.4, -0.2) is 19.1 Å². The van der Waals surface area contributed by atoms with Crippen LogP contribution in [0.4, 0.5) is 5.69 Å². The van der Waals surface area contributed by atoms with Gasteiger partial charge in [-0.15, -0.1) is 0 Å². The molecule has 1 amide bonds. The Hall–Kier alpha value is -2.33. The second-order valence-electron chi connectivity index (χ2n) is 7.28. The van der Waals surface area contributed by atoms with Gasteiger partial charge in [0.05, 0.1) is 13.2 Å². The highest BCUT2D eigenvalue weighted by Crippen LogP contribution is 2.25. The number of nitrogens with one attached hydrogen (secondary N) is 1. The fourth-order valence-electron chi connectivity index (χ4n) is 3.12. The Morgan fingerprint density at radius 2 is 1.68 bits per heavy atom. The molecule has 0 aliphatic rings. The monoisotopic (exact) mass is 383 g/mol. The number of amides is 1. The minimum absolute atomic E-state index is 0.108. The van der Waals surface area contributed by atoms with Crippen LogP contribution in [0.1, 0.15) is 61.7 Å². The lowest BCUT2D eigenvalue weighted by Crippen LogP contribution is -2.15. The fourth-order valence-corrected chi connectivity index (χ4v) is 3.12. The Labute approximate surface area is 169 Å². The van der Waals surface area contributed by atoms with E-state index in [2.05, 4.69) is 45.1 Å². The molecule has 28 heavy (non-hydrogen) atoms. The molecule has 0 unspecified atom stereocenters. The van der Waals surface area contributed by atoms with Crippen LogP contribution in [0.5, 0.6) is 5.75 Å². The second kappa shape index (κ2) is 10.9. The van der Waals surface area contributed by atoms with Crippen LogP contribution in [0, 0.1) is 5.92 Å². The van der Waals surface area contributed by atoms with Crippen LogP contribution in [0.2, 0.25) is 0 Å². The molecule has 0 bridgehead atoms. The smallest absolute Gasteiger partial charge is 0.255 e. The molecule has 0 radical (unpaired) electrons. The Morgan fingerprint density at radius 1 is 1.00 bits per heavy atom. The lowest BCUT2D eigenvalue weighted by molar-refractivity contribution is 0.0948. The lowest BCUT2D eigenvalue weighted by atomic mass is 10.0. The maximum Gasteiger partial charge on any atom is 0.255 e. The molecule has 1 N–H and O–H groups in total. The van der Waals surface area contributed by atoms with Crippen LogP contribution in [-0.2, 0) is 24.2 Å². The first kappa shape index (κ1) is 22.0. The van der Waals surface area contributed by atoms with E-state index in [1.807, 2.05) is 31.2 Å². The second-order valence-corrected chi connectivity index (χ2v) is 7.28. The van der Waals surface area contributed by atoms with E-state index in [-0.39, 0.29) is 5.91 Å². The molecule has 0 spiro atoms. The summed E-state index contributed by atoms with van der Waals surface area (Å²) in [6, 6.07) is 11.7. The van der Waals surface area contributed by atoms with Crippen molar-refractivity contribution < 1.29 is 14.3 Å². The zero-order valence-electron chi connectivity index (χ0n) is 17.8. The van der Waals surface area contributed by atoms with E-state index < -0.39 is 0 Å². The van der Waals surface area contributed by atoms with Gasteiger partial charge in [-0.25, -0.2) is 0 Å². The average Bonchev–Trinajstić information content (AvgIpc) is 2.69. The van der Waals surface area contributed by atoms with Crippen molar-refractivity contribution in [2.24, 2.45) is 5.92 Å². The number of aryl methyl sites for hydroxylation is 2. The minimum Gasteiger partial charge on any atom is -0.494 e. The third kappa shape index (κ3) is 5.83. The molecule has 0 aromatic heterocycles. The van der Waals surface area contributed by atoms with Gasteiger partial charge in [-0.2, -0.15) is 0 Å². The summed E-state index contributed by atoms with van der Waals surface area (Å²) < 4.78 is 11.5. The highest BCUT2D eigenvalue weighted by atomic mass is 16.5. The Morgan fingerprint density at radius 3 is 2.25 bits per heavy atom. The van der Waals surface area contributed by atoms with Crippen LogP contribution >= 0.6 is 0 Å². The summed E-state index contributed by atoms with van der Waals surface area (Å²) in [5.74, 6) is 1.12. The number of ether oxygens (including phenoxy) is 2. The van der Waals surface area contributed by atoms with Crippen molar-refractivity contribution in [3.05, 3.63) is 58.7 Å². The van der Waals surface area contributed by atoms with Crippen LogP contribution < -0.4 is 10.1 Å². The molecule has 2 aromatic rings. The highest BCUT2D eigenvalue weighted by Gasteiger charge is 2.14. The normalized spacial score (nSPS) is 10.9. The molecule has 2 aromatic carbocycles. The summed E-state index contributed by atoms with van der Waals surface area (Å²) in [6.07, 6.45) is 1.75. The standard InChI is InChI=1S/C24H33NO3/c1-6-18-10-9-11-19(7-2)23(18)25-24(26)20-12-13-22(28-8-3)21(14-20)16-27-15-17(4)5/h9-14,17H,6-8,15-16H2,1-5H3,(H,25,26). The molecule has 0 atom stereocenters. The fraction of sp³-hybridized carbons (Fsp3) is 0.458. The van der Waals surface area contributed by atoms with Crippen LogP contribution in [0.15, 0.2) is 36.4 Å². The zero-order chi connectivity index (χ0) is 20.5. The van der Waals surface area contributed by atoms with Gasteiger partial charge in [0.2, 0.25) is 0 Å². The molecule has 0 aliphatic heterocycles. The molecular weight excluding hydrogens is 350 g/mol. The van der Waals surface area contributed by atoms with Gasteiger partial charge in [-0.1, -0.05) is 45.9 Å². The van der Waals surface area contributed by atoms with Crippen molar-refractivity contribution in [2.45, 2.75) is 54.1 Å². The van der Waals surface area contributed by atoms with E-state index in [1.165, 1.54) is 0 Å². The van der Waals surface area contributed by atoms with Crippen LogP contribution in [0.25, 0.3) is 0 Å². The first-order valence-corrected chi connectivity index (χ1v) is 10.3. The predicted octanol–water partition coefficient (Wildman–Crippen LogP) is 5.64. The Kier molecular flexibility index (Phi) is 8.52. The Bertz CT molecular complexity index is 761. The maximum absolute atomic E-state index is 13.0. The van der Waals surface area contributed by atoms with Crippen molar-refractivity contribution in [3.63, 3.8) is 0 Å². The van der Waals surface area contributed by atoms with Crippen LogP contribution in [0.3, 0.4) is 0 Å². The third-order valence-corrected chi connectivity index (χ3v) is 4.57. The maximum atomic E-state index is 13.0.